The minimum Gasteiger partial charge on any atom is -0.355 e. The molecule has 2 aliphatic rings. The van der Waals surface area contributed by atoms with Gasteiger partial charge in [-0.05, 0) is 51.1 Å². The van der Waals surface area contributed by atoms with Crippen molar-refractivity contribution in [3.63, 3.8) is 0 Å². The van der Waals surface area contributed by atoms with Gasteiger partial charge < -0.3 is 5.32 Å². The molecule has 1 amide bonds. The molecule has 2 atom stereocenters. The van der Waals surface area contributed by atoms with E-state index < -0.39 is 9.84 Å². The van der Waals surface area contributed by atoms with Crippen LogP contribution in [0, 0.1) is 11.8 Å². The number of carbonyl (C=O) groups is 1. The van der Waals surface area contributed by atoms with Crippen LogP contribution in [0.5, 0.6) is 0 Å². The Kier molecular flexibility index (Phi) is 5.66. The first kappa shape index (κ1) is 16.7. The van der Waals surface area contributed by atoms with E-state index in [4.69, 9.17) is 0 Å². The maximum atomic E-state index is 11.9. The highest BCUT2D eigenvalue weighted by atomic mass is 32.2. The Morgan fingerprint density at radius 1 is 1.29 bits per heavy atom. The predicted molar refractivity (Wildman–Crippen MR) is 83.8 cm³/mol. The van der Waals surface area contributed by atoms with Crippen LogP contribution >= 0.6 is 0 Å². The lowest BCUT2D eigenvalue weighted by Gasteiger charge is -2.35. The molecule has 0 aromatic carbocycles. The second-order valence-corrected chi connectivity index (χ2v) is 9.07. The fourth-order valence-corrected chi connectivity index (χ4v) is 5.09. The van der Waals surface area contributed by atoms with Gasteiger partial charge in [-0.3, -0.25) is 9.69 Å². The molecule has 0 aromatic rings. The molecule has 5 nitrogen and oxygen atoms in total. The molecule has 0 bridgehead atoms. The molecule has 0 aromatic heterocycles. The zero-order valence-electron chi connectivity index (χ0n) is 13.2. The van der Waals surface area contributed by atoms with Gasteiger partial charge in [0.25, 0.3) is 0 Å². The minimum atomic E-state index is -2.88. The smallest absolute Gasteiger partial charge is 0.220 e. The van der Waals surface area contributed by atoms with Gasteiger partial charge in [-0.25, -0.2) is 8.42 Å². The fourth-order valence-electron chi connectivity index (χ4n) is 3.23. The Morgan fingerprint density at radius 3 is 2.52 bits per heavy atom. The van der Waals surface area contributed by atoms with Crippen LogP contribution in [0.4, 0.5) is 0 Å². The van der Waals surface area contributed by atoms with Crippen molar-refractivity contribution in [2.45, 2.75) is 45.6 Å². The lowest BCUT2D eigenvalue weighted by Crippen LogP contribution is -2.45. The summed E-state index contributed by atoms with van der Waals surface area (Å²) in [6.07, 6.45) is 3.45. The second kappa shape index (κ2) is 7.09. The van der Waals surface area contributed by atoms with Gasteiger partial charge in [-0.15, -0.1) is 0 Å². The summed E-state index contributed by atoms with van der Waals surface area (Å²) in [4.78, 5) is 14.4. The van der Waals surface area contributed by atoms with Crippen LogP contribution in [0.2, 0.25) is 0 Å². The predicted octanol–water partition coefficient (Wildman–Crippen LogP) is 1.05. The Morgan fingerprint density at radius 2 is 1.95 bits per heavy atom. The lowest BCUT2D eigenvalue weighted by atomic mass is 9.98. The highest BCUT2D eigenvalue weighted by Gasteiger charge is 2.29. The summed E-state index contributed by atoms with van der Waals surface area (Å²) in [7, 11) is -2.88. The average Bonchev–Trinajstić information content (AvgIpc) is 2.76. The molecule has 0 radical (unpaired) electrons. The summed E-state index contributed by atoms with van der Waals surface area (Å²) < 4.78 is 22.8. The summed E-state index contributed by atoms with van der Waals surface area (Å²) in [5, 5.41) is 2.97. The van der Waals surface area contributed by atoms with Gasteiger partial charge in [0.1, 0.15) is 0 Å². The first-order valence-corrected chi connectivity index (χ1v) is 9.89. The first-order valence-electron chi connectivity index (χ1n) is 8.07. The molecule has 6 heteroatoms. The fraction of sp³-hybridized carbons (Fsp3) is 0.933. The zero-order chi connectivity index (χ0) is 15.5. The molecule has 0 saturated carbocycles. The second-order valence-electron chi connectivity index (χ2n) is 6.84. The van der Waals surface area contributed by atoms with E-state index in [2.05, 4.69) is 24.1 Å². The Bertz CT molecular complexity index is 456. The average molecular weight is 316 g/mol. The van der Waals surface area contributed by atoms with Gasteiger partial charge in [0.2, 0.25) is 5.91 Å². The summed E-state index contributed by atoms with van der Waals surface area (Å²) in [5.74, 6) is 1.25. The summed E-state index contributed by atoms with van der Waals surface area (Å²) in [5.41, 5.74) is 0. The molecular formula is C15H28N2O3S. The molecule has 2 heterocycles. The number of amides is 1. The summed E-state index contributed by atoms with van der Waals surface area (Å²) in [6.45, 7) is 7.32. The maximum absolute atomic E-state index is 11.9. The van der Waals surface area contributed by atoms with Crippen molar-refractivity contribution in [1.82, 2.24) is 10.2 Å². The van der Waals surface area contributed by atoms with E-state index in [1.807, 2.05) is 0 Å². The van der Waals surface area contributed by atoms with Crippen LogP contribution in [0.1, 0.15) is 39.5 Å². The molecule has 2 aliphatic heterocycles. The van der Waals surface area contributed by atoms with Gasteiger partial charge >= 0.3 is 0 Å². The number of rotatable bonds is 5. The standard InChI is InChI=1S/C15H28N2O3S/c1-12-3-6-17(7-4-12)13(2)10-16-15(18)9-14-5-8-21(19,20)11-14/h12-14H,3-11H2,1-2H3,(H,16,18)/t13-,14+/m1/s1. The number of piperidine rings is 1. The van der Waals surface area contributed by atoms with Gasteiger partial charge in [0, 0.05) is 19.0 Å². The van der Waals surface area contributed by atoms with Gasteiger partial charge in [0.05, 0.1) is 11.5 Å². The number of hydrogen-bond acceptors (Lipinski definition) is 4. The number of carbonyl (C=O) groups excluding carboxylic acids is 1. The highest BCUT2D eigenvalue weighted by Crippen LogP contribution is 2.21. The van der Waals surface area contributed by atoms with Crippen molar-refractivity contribution >= 4 is 15.7 Å². The molecule has 2 rings (SSSR count). The molecule has 21 heavy (non-hydrogen) atoms. The number of sulfone groups is 1. The summed E-state index contributed by atoms with van der Waals surface area (Å²) >= 11 is 0. The Balaban J connectivity index is 1.67. The highest BCUT2D eigenvalue weighted by molar-refractivity contribution is 7.91. The van der Waals surface area contributed by atoms with E-state index in [1.165, 1.54) is 12.8 Å². The van der Waals surface area contributed by atoms with Crippen molar-refractivity contribution in [2.24, 2.45) is 11.8 Å². The quantitative estimate of drug-likeness (QED) is 0.823. The third-order valence-electron chi connectivity index (χ3n) is 4.84. The summed E-state index contributed by atoms with van der Waals surface area (Å²) in [6, 6.07) is 0.355. The first-order chi connectivity index (χ1) is 9.85. The number of nitrogens with one attached hydrogen (secondary N) is 1. The largest absolute Gasteiger partial charge is 0.355 e. The lowest BCUT2D eigenvalue weighted by molar-refractivity contribution is -0.122. The van der Waals surface area contributed by atoms with Crippen LogP contribution in [0.3, 0.4) is 0 Å². The normalized spacial score (nSPS) is 28.4. The van der Waals surface area contributed by atoms with Crippen molar-refractivity contribution in [1.29, 1.82) is 0 Å². The Labute approximate surface area is 128 Å². The van der Waals surface area contributed by atoms with E-state index >= 15 is 0 Å². The Hall–Kier alpha value is -0.620. The zero-order valence-corrected chi connectivity index (χ0v) is 14.0. The third kappa shape index (κ3) is 5.25. The van der Waals surface area contributed by atoms with E-state index in [0.29, 0.717) is 25.4 Å². The van der Waals surface area contributed by atoms with Gasteiger partial charge in [0.15, 0.2) is 9.84 Å². The number of likely N-dealkylation sites (tertiary alicyclic amines) is 1. The van der Waals surface area contributed by atoms with Gasteiger partial charge in [-0.2, -0.15) is 0 Å². The van der Waals surface area contributed by atoms with Crippen molar-refractivity contribution in [3.8, 4) is 0 Å². The van der Waals surface area contributed by atoms with E-state index in [1.54, 1.807) is 0 Å². The molecule has 0 aliphatic carbocycles. The molecule has 1 N–H and O–H groups in total. The van der Waals surface area contributed by atoms with Crippen LogP contribution in [-0.4, -0.2) is 56.4 Å². The third-order valence-corrected chi connectivity index (χ3v) is 6.67. The molecule has 0 spiro atoms. The van der Waals surface area contributed by atoms with Crippen molar-refractivity contribution in [3.05, 3.63) is 0 Å². The molecule has 2 saturated heterocycles. The van der Waals surface area contributed by atoms with Gasteiger partial charge in [-0.1, -0.05) is 6.92 Å². The van der Waals surface area contributed by atoms with Crippen LogP contribution in [0.25, 0.3) is 0 Å². The minimum absolute atomic E-state index is 0.00525. The maximum Gasteiger partial charge on any atom is 0.220 e. The van der Waals surface area contributed by atoms with E-state index in [9.17, 15) is 13.2 Å². The van der Waals surface area contributed by atoms with Crippen LogP contribution in [-0.2, 0) is 14.6 Å². The number of nitrogens with zero attached hydrogens (tertiary/aromatic N) is 1. The van der Waals surface area contributed by atoms with E-state index in [0.717, 1.165) is 19.0 Å². The SMILES string of the molecule is CC1CCN([C@H](C)CNC(=O)C[C@@H]2CCS(=O)(=O)C2)CC1. The van der Waals surface area contributed by atoms with Crippen LogP contribution < -0.4 is 5.32 Å². The van der Waals surface area contributed by atoms with Crippen LogP contribution in [0.15, 0.2) is 0 Å². The number of hydrogen-bond donors (Lipinski definition) is 1. The van der Waals surface area contributed by atoms with Crippen molar-refractivity contribution < 1.29 is 13.2 Å². The molecule has 2 fully saturated rings. The van der Waals surface area contributed by atoms with E-state index in [-0.39, 0.29) is 23.3 Å². The molecule has 122 valence electrons. The van der Waals surface area contributed by atoms with Crippen molar-refractivity contribution in [2.75, 3.05) is 31.1 Å². The topological polar surface area (TPSA) is 66.5 Å². The molecule has 0 unspecified atom stereocenters. The monoisotopic (exact) mass is 316 g/mol. The molecular weight excluding hydrogens is 288 g/mol.